The average Bonchev–Trinajstić information content (AvgIpc) is 2.86. The lowest BCUT2D eigenvalue weighted by atomic mass is 9.78. The second-order valence-electron chi connectivity index (χ2n) is 8.80. The Balaban J connectivity index is 1.37. The van der Waals surface area contributed by atoms with Crippen LogP contribution in [0.5, 0.6) is 0 Å². The lowest BCUT2D eigenvalue weighted by molar-refractivity contribution is 0.481. The Bertz CT molecular complexity index is 1530. The number of nitrogens with one attached hydrogen (secondary N) is 1. The Kier molecular flexibility index (Phi) is 6.99. The van der Waals surface area contributed by atoms with Gasteiger partial charge in [0.15, 0.2) is 0 Å². The molecule has 1 atom stereocenters. The van der Waals surface area contributed by atoms with E-state index in [1.807, 2.05) is 60.8 Å². The van der Waals surface area contributed by atoms with Crippen molar-refractivity contribution >= 4 is 45.0 Å². The maximum Gasteiger partial charge on any atom is 0.264 e. The first-order valence-corrected chi connectivity index (χ1v) is 13.8. The van der Waals surface area contributed by atoms with Gasteiger partial charge >= 0.3 is 0 Å². The molecule has 1 aliphatic rings. The van der Waals surface area contributed by atoms with Crippen LogP contribution in [-0.2, 0) is 23.0 Å². The summed E-state index contributed by atoms with van der Waals surface area (Å²) in [5.41, 5.74) is 7.12. The summed E-state index contributed by atoms with van der Waals surface area (Å²) in [6.45, 7) is 0. The number of anilines is 2. The van der Waals surface area contributed by atoms with Crippen molar-refractivity contribution in [2.45, 2.75) is 25.2 Å². The van der Waals surface area contributed by atoms with Crippen LogP contribution >= 0.6 is 23.2 Å². The number of benzene rings is 3. The molecule has 184 valence electrons. The highest BCUT2D eigenvalue weighted by molar-refractivity contribution is 7.85. The van der Waals surface area contributed by atoms with Crippen LogP contribution in [0.15, 0.2) is 72.9 Å². The van der Waals surface area contributed by atoms with Crippen molar-refractivity contribution in [3.05, 3.63) is 105 Å². The van der Waals surface area contributed by atoms with Crippen LogP contribution in [0.2, 0.25) is 10.0 Å². The predicted molar refractivity (Wildman–Crippen MR) is 144 cm³/mol. The number of hydrogen-bond donors (Lipinski definition) is 2. The molecule has 4 aromatic rings. The largest absolute Gasteiger partial charge is 0.324 e. The standard InChI is InChI=1S/C27H23Cl2N3O3S/c28-24-12-9-18(15-25(24)29)23-14-19-16-30-27(32-26(19)22-6-2-1-5-21(22)23)31-20-10-7-17(8-11-20)4-3-13-36(33,34)35/h1-2,5-12,15-16,23H,3-4,13-14H2,(H,30,31,32)(H,33,34,35)/t23-/m0/s1. The molecule has 0 fully saturated rings. The zero-order valence-corrected chi connectivity index (χ0v) is 21.5. The van der Waals surface area contributed by atoms with Crippen LogP contribution in [0.25, 0.3) is 11.3 Å². The summed E-state index contributed by atoms with van der Waals surface area (Å²) >= 11 is 12.5. The molecular formula is C27H23Cl2N3O3S. The number of hydrogen-bond acceptors (Lipinski definition) is 5. The molecule has 3 aromatic carbocycles. The average molecular weight is 540 g/mol. The quantitative estimate of drug-likeness (QED) is 0.254. The summed E-state index contributed by atoms with van der Waals surface area (Å²) in [6, 6.07) is 21.7. The van der Waals surface area contributed by atoms with E-state index in [-0.39, 0.29) is 11.7 Å². The molecule has 36 heavy (non-hydrogen) atoms. The van der Waals surface area contributed by atoms with Crippen molar-refractivity contribution in [3.8, 4) is 11.3 Å². The Hall–Kier alpha value is -2.97. The smallest absolute Gasteiger partial charge is 0.264 e. The minimum absolute atomic E-state index is 0.124. The zero-order chi connectivity index (χ0) is 25.3. The van der Waals surface area contributed by atoms with Gasteiger partial charge in [0.2, 0.25) is 5.95 Å². The van der Waals surface area contributed by atoms with Gasteiger partial charge in [0.25, 0.3) is 10.1 Å². The third-order valence-electron chi connectivity index (χ3n) is 6.30. The van der Waals surface area contributed by atoms with Gasteiger partial charge in [-0.15, -0.1) is 0 Å². The molecule has 0 unspecified atom stereocenters. The Morgan fingerprint density at radius 2 is 1.78 bits per heavy atom. The molecule has 0 radical (unpaired) electrons. The molecule has 0 amide bonds. The molecule has 0 saturated carbocycles. The lowest BCUT2D eigenvalue weighted by Gasteiger charge is -2.27. The van der Waals surface area contributed by atoms with Gasteiger partial charge in [-0.25, -0.2) is 9.97 Å². The first-order chi connectivity index (χ1) is 17.3. The maximum absolute atomic E-state index is 10.9. The fourth-order valence-corrected chi connectivity index (χ4v) is 5.38. The summed E-state index contributed by atoms with van der Waals surface area (Å²) in [6.07, 6.45) is 3.55. The molecule has 0 aliphatic heterocycles. The monoisotopic (exact) mass is 539 g/mol. The van der Waals surface area contributed by atoms with Gasteiger partial charge in [-0.05, 0) is 65.8 Å². The Morgan fingerprint density at radius 3 is 2.53 bits per heavy atom. The van der Waals surface area contributed by atoms with Gasteiger partial charge < -0.3 is 5.32 Å². The number of nitrogens with zero attached hydrogens (tertiary/aromatic N) is 2. The van der Waals surface area contributed by atoms with Gasteiger partial charge in [0.05, 0.1) is 21.5 Å². The number of aryl methyl sites for hydroxylation is 1. The third-order valence-corrected chi connectivity index (χ3v) is 7.85. The summed E-state index contributed by atoms with van der Waals surface area (Å²) in [7, 11) is -3.94. The van der Waals surface area contributed by atoms with Crippen molar-refractivity contribution in [3.63, 3.8) is 0 Å². The Labute approximate surface area is 220 Å². The molecule has 1 aliphatic carbocycles. The van der Waals surface area contributed by atoms with Crippen LogP contribution in [0.4, 0.5) is 11.6 Å². The molecule has 5 rings (SSSR count). The highest BCUT2D eigenvalue weighted by Crippen LogP contribution is 2.43. The van der Waals surface area contributed by atoms with Crippen LogP contribution in [0, 0.1) is 0 Å². The third kappa shape index (κ3) is 5.55. The van der Waals surface area contributed by atoms with Crippen LogP contribution in [0.3, 0.4) is 0 Å². The second-order valence-corrected chi connectivity index (χ2v) is 11.2. The van der Waals surface area contributed by atoms with Gasteiger partial charge in [-0.1, -0.05) is 65.7 Å². The van der Waals surface area contributed by atoms with Gasteiger partial charge in [-0.3, -0.25) is 4.55 Å². The van der Waals surface area contributed by atoms with Crippen molar-refractivity contribution in [2.24, 2.45) is 0 Å². The first-order valence-electron chi connectivity index (χ1n) is 11.5. The van der Waals surface area contributed by atoms with Crippen molar-refractivity contribution in [2.75, 3.05) is 11.1 Å². The molecule has 1 heterocycles. The molecule has 9 heteroatoms. The van der Waals surface area contributed by atoms with Gasteiger partial charge in [0, 0.05) is 23.4 Å². The zero-order valence-electron chi connectivity index (χ0n) is 19.2. The van der Waals surface area contributed by atoms with Crippen molar-refractivity contribution < 1.29 is 13.0 Å². The van der Waals surface area contributed by atoms with Crippen LogP contribution in [-0.4, -0.2) is 28.7 Å². The van der Waals surface area contributed by atoms with E-state index >= 15 is 0 Å². The molecule has 6 nitrogen and oxygen atoms in total. The van der Waals surface area contributed by atoms with E-state index in [0.717, 1.165) is 40.1 Å². The second kappa shape index (κ2) is 10.2. The highest BCUT2D eigenvalue weighted by Gasteiger charge is 2.27. The number of rotatable bonds is 7. The molecular weight excluding hydrogens is 517 g/mol. The van der Waals surface area contributed by atoms with E-state index in [9.17, 15) is 8.42 Å². The van der Waals surface area contributed by atoms with E-state index in [2.05, 4.69) is 22.4 Å². The maximum atomic E-state index is 10.9. The highest BCUT2D eigenvalue weighted by atomic mass is 35.5. The first kappa shape index (κ1) is 24.7. The van der Waals surface area contributed by atoms with Crippen LogP contribution < -0.4 is 5.32 Å². The SMILES string of the molecule is O=S(=O)(O)CCCc1ccc(Nc2ncc3c(n2)-c2ccccc2[C@H](c2ccc(Cl)c(Cl)c2)C3)cc1. The molecule has 0 spiro atoms. The van der Waals surface area contributed by atoms with E-state index in [1.165, 1.54) is 5.56 Å². The van der Waals surface area contributed by atoms with Crippen LogP contribution in [0.1, 0.15) is 34.6 Å². The van der Waals surface area contributed by atoms with Crippen molar-refractivity contribution in [1.82, 2.24) is 9.97 Å². The summed E-state index contributed by atoms with van der Waals surface area (Å²) < 4.78 is 30.7. The minimum Gasteiger partial charge on any atom is -0.324 e. The minimum atomic E-state index is -3.94. The normalized spacial score (nSPS) is 14.7. The molecule has 2 N–H and O–H groups in total. The summed E-state index contributed by atoms with van der Waals surface area (Å²) in [5.74, 6) is 0.374. The van der Waals surface area contributed by atoms with Gasteiger partial charge in [-0.2, -0.15) is 8.42 Å². The fraction of sp³-hybridized carbons (Fsp3) is 0.185. The summed E-state index contributed by atoms with van der Waals surface area (Å²) in [4.78, 5) is 9.40. The number of halogens is 2. The Morgan fingerprint density at radius 1 is 1.00 bits per heavy atom. The molecule has 0 saturated heterocycles. The fourth-order valence-electron chi connectivity index (χ4n) is 4.57. The van der Waals surface area contributed by atoms with E-state index in [0.29, 0.717) is 28.8 Å². The topological polar surface area (TPSA) is 92.2 Å². The summed E-state index contributed by atoms with van der Waals surface area (Å²) in [5, 5.41) is 4.34. The predicted octanol–water partition coefficient (Wildman–Crippen LogP) is 6.70. The molecule has 1 aromatic heterocycles. The number of fused-ring (bicyclic) bond motifs is 3. The van der Waals surface area contributed by atoms with E-state index in [4.69, 9.17) is 32.7 Å². The van der Waals surface area contributed by atoms with Crippen molar-refractivity contribution in [1.29, 1.82) is 0 Å². The van der Waals surface area contributed by atoms with E-state index < -0.39 is 10.1 Å². The van der Waals surface area contributed by atoms with E-state index in [1.54, 1.807) is 0 Å². The number of aromatic nitrogens is 2. The molecule has 0 bridgehead atoms. The van der Waals surface area contributed by atoms with Gasteiger partial charge in [0.1, 0.15) is 0 Å². The lowest BCUT2D eigenvalue weighted by Crippen LogP contribution is -2.15.